The van der Waals surface area contributed by atoms with E-state index in [0.29, 0.717) is 0 Å². The number of para-hydroxylation sites is 3. The number of benzene rings is 7. The van der Waals surface area contributed by atoms with Gasteiger partial charge in [-0.05, 0) is 122 Å². The van der Waals surface area contributed by atoms with Crippen LogP contribution in [0.15, 0.2) is 219 Å². The summed E-state index contributed by atoms with van der Waals surface area (Å²) in [4.78, 5) is 14.3. The van der Waals surface area contributed by atoms with Gasteiger partial charge in [0.15, 0.2) is 0 Å². The van der Waals surface area contributed by atoms with E-state index in [2.05, 4.69) is 185 Å². The quantitative estimate of drug-likeness (QED) is 0.187. The molecule has 0 bridgehead atoms. The zero-order valence-electron chi connectivity index (χ0n) is 34.6. The number of rotatable bonds is 5. The van der Waals surface area contributed by atoms with Crippen molar-refractivity contribution in [3.8, 4) is 78.8 Å². The number of pyridine rings is 3. The number of hydrogen-bond acceptors (Lipinski definition) is 5. The lowest BCUT2D eigenvalue weighted by Gasteiger charge is -2.40. The van der Waals surface area contributed by atoms with E-state index in [0.717, 1.165) is 73.3 Å². The summed E-state index contributed by atoms with van der Waals surface area (Å²) in [6, 6.07) is 73.7. The number of fused-ring (bicyclic) bond motifs is 13. The number of nitrogens with zero attached hydrogens (tertiary/aromatic N) is 3. The SMILES string of the molecule is c1ccc(C2Nc3ccccc3-c3c2ccc2c3-c3ccc(-c4ccc(-c5cc(-c6ccccn6)nc(-c6ccccn6)c5)cc4)cc3C23c2ccccc2Oc2ccccc23)cc1. The maximum atomic E-state index is 6.76. The van der Waals surface area contributed by atoms with Crippen LogP contribution in [0.3, 0.4) is 0 Å². The summed E-state index contributed by atoms with van der Waals surface area (Å²) in [5.41, 5.74) is 20.5. The Morgan fingerprint density at radius 1 is 0.406 bits per heavy atom. The normalized spacial score (nSPS) is 14.5. The zero-order chi connectivity index (χ0) is 42.2. The number of ether oxygens (including phenoxy) is 1. The molecule has 3 aromatic heterocycles. The van der Waals surface area contributed by atoms with Crippen LogP contribution in [0.1, 0.15) is 39.4 Å². The maximum Gasteiger partial charge on any atom is 0.132 e. The molecule has 13 rings (SSSR count). The molecule has 1 N–H and O–H groups in total. The summed E-state index contributed by atoms with van der Waals surface area (Å²) in [7, 11) is 0. The first-order valence-electron chi connectivity index (χ1n) is 21.8. The highest BCUT2D eigenvalue weighted by Gasteiger charge is 2.52. The molecule has 64 heavy (non-hydrogen) atoms. The van der Waals surface area contributed by atoms with E-state index in [4.69, 9.17) is 9.72 Å². The molecule has 10 aromatic rings. The van der Waals surface area contributed by atoms with Crippen LogP contribution in [0.4, 0.5) is 5.69 Å². The molecular weight excluding hydrogens is 781 g/mol. The third kappa shape index (κ3) is 5.47. The second-order valence-corrected chi connectivity index (χ2v) is 16.7. The third-order valence-electron chi connectivity index (χ3n) is 13.3. The number of anilines is 1. The summed E-state index contributed by atoms with van der Waals surface area (Å²) in [5, 5.41) is 3.93. The van der Waals surface area contributed by atoms with Crippen molar-refractivity contribution in [1.29, 1.82) is 0 Å². The molecular formula is C59H38N4O. The van der Waals surface area contributed by atoms with Crippen molar-refractivity contribution in [3.05, 3.63) is 252 Å². The van der Waals surface area contributed by atoms with Crippen LogP contribution in [0.25, 0.3) is 67.3 Å². The monoisotopic (exact) mass is 818 g/mol. The Hall–Kier alpha value is -8.41. The molecule has 1 spiro atoms. The van der Waals surface area contributed by atoms with Gasteiger partial charge in [0.2, 0.25) is 0 Å². The minimum Gasteiger partial charge on any atom is -0.457 e. The van der Waals surface area contributed by atoms with Gasteiger partial charge in [-0.3, -0.25) is 9.97 Å². The molecule has 0 saturated heterocycles. The molecule has 0 amide bonds. The van der Waals surface area contributed by atoms with Gasteiger partial charge in [0.05, 0.1) is 34.2 Å². The summed E-state index contributed by atoms with van der Waals surface area (Å²) in [6.07, 6.45) is 3.62. The molecule has 0 fully saturated rings. The molecule has 5 nitrogen and oxygen atoms in total. The predicted octanol–water partition coefficient (Wildman–Crippen LogP) is 14.2. The van der Waals surface area contributed by atoms with E-state index in [1.165, 1.54) is 44.5 Å². The minimum atomic E-state index is -0.635. The van der Waals surface area contributed by atoms with Crippen LogP contribution in [0, 0.1) is 0 Å². The van der Waals surface area contributed by atoms with Crippen molar-refractivity contribution in [2.75, 3.05) is 5.32 Å². The zero-order valence-corrected chi connectivity index (χ0v) is 34.6. The Kier molecular flexibility index (Phi) is 8.12. The van der Waals surface area contributed by atoms with Crippen LogP contribution in [0.2, 0.25) is 0 Å². The fourth-order valence-electron chi connectivity index (χ4n) is 10.5. The first kappa shape index (κ1) is 36.3. The second-order valence-electron chi connectivity index (χ2n) is 16.7. The Bertz CT molecular complexity index is 3340. The maximum absolute atomic E-state index is 6.76. The minimum absolute atomic E-state index is 0.0103. The molecule has 3 aliphatic rings. The van der Waals surface area contributed by atoms with Gasteiger partial charge in [0.1, 0.15) is 11.5 Å². The lowest BCUT2D eigenvalue weighted by molar-refractivity contribution is 0.436. The summed E-state index contributed by atoms with van der Waals surface area (Å²) in [5.74, 6) is 1.76. The van der Waals surface area contributed by atoms with Gasteiger partial charge in [-0.2, -0.15) is 0 Å². The van der Waals surface area contributed by atoms with Gasteiger partial charge < -0.3 is 10.1 Å². The van der Waals surface area contributed by atoms with E-state index in [1.807, 2.05) is 48.8 Å². The Morgan fingerprint density at radius 2 is 1.00 bits per heavy atom. The van der Waals surface area contributed by atoms with Crippen LogP contribution < -0.4 is 10.1 Å². The largest absolute Gasteiger partial charge is 0.457 e. The van der Waals surface area contributed by atoms with Crippen LogP contribution >= 0.6 is 0 Å². The van der Waals surface area contributed by atoms with Gasteiger partial charge in [-0.1, -0.05) is 146 Å². The molecule has 300 valence electrons. The average Bonchev–Trinajstić information content (AvgIpc) is 3.66. The highest BCUT2D eigenvalue weighted by Crippen LogP contribution is 2.65. The molecule has 1 unspecified atom stereocenters. The second kappa shape index (κ2) is 14.3. The van der Waals surface area contributed by atoms with Crippen molar-refractivity contribution in [3.63, 3.8) is 0 Å². The van der Waals surface area contributed by atoms with E-state index < -0.39 is 5.41 Å². The topological polar surface area (TPSA) is 59.9 Å². The summed E-state index contributed by atoms with van der Waals surface area (Å²) in [6.45, 7) is 0. The first-order chi connectivity index (χ1) is 31.7. The summed E-state index contributed by atoms with van der Waals surface area (Å²) >= 11 is 0. The van der Waals surface area contributed by atoms with Crippen molar-refractivity contribution in [2.24, 2.45) is 0 Å². The lowest BCUT2D eigenvalue weighted by Crippen LogP contribution is -2.32. The lowest BCUT2D eigenvalue weighted by atomic mass is 9.65. The van der Waals surface area contributed by atoms with Crippen LogP contribution in [0.5, 0.6) is 11.5 Å². The molecule has 1 atom stereocenters. The Morgan fingerprint density at radius 3 is 1.67 bits per heavy atom. The van der Waals surface area contributed by atoms with E-state index in [9.17, 15) is 0 Å². The highest BCUT2D eigenvalue weighted by molar-refractivity contribution is 6.02. The number of nitrogens with one attached hydrogen (secondary N) is 1. The standard InChI is InChI=1S/C59H38N4O/c1-2-14-39(15-3-1)58-44-30-31-47-57(56(44)43-16-4-7-19-49(43)63-58)42-29-28-40(34-48(42)59(47)45-17-5-8-22-54(45)64-55-23-9-6-18-46(55)59)37-24-26-38(27-25-37)41-35-52(50-20-10-12-32-60-50)62-53(36-41)51-21-11-13-33-61-51/h1-36,58,63H. The van der Waals surface area contributed by atoms with E-state index in [-0.39, 0.29) is 6.04 Å². The van der Waals surface area contributed by atoms with E-state index >= 15 is 0 Å². The van der Waals surface area contributed by atoms with Gasteiger partial charge in [0.25, 0.3) is 0 Å². The molecule has 0 saturated carbocycles. The Balaban J connectivity index is 1.01. The fourth-order valence-corrected chi connectivity index (χ4v) is 10.5. The van der Waals surface area contributed by atoms with Gasteiger partial charge in [0, 0.05) is 34.8 Å². The molecule has 5 heterocycles. The van der Waals surface area contributed by atoms with Crippen molar-refractivity contribution >= 4 is 5.69 Å². The van der Waals surface area contributed by atoms with Crippen LogP contribution in [-0.4, -0.2) is 15.0 Å². The van der Waals surface area contributed by atoms with E-state index in [1.54, 1.807) is 0 Å². The highest BCUT2D eigenvalue weighted by atomic mass is 16.5. The number of aromatic nitrogens is 3. The predicted molar refractivity (Wildman–Crippen MR) is 256 cm³/mol. The van der Waals surface area contributed by atoms with Crippen molar-refractivity contribution < 1.29 is 4.74 Å². The fraction of sp³-hybridized carbons (Fsp3) is 0.0339. The number of hydrogen-bond donors (Lipinski definition) is 1. The molecule has 2 aliphatic heterocycles. The molecule has 7 aromatic carbocycles. The van der Waals surface area contributed by atoms with Gasteiger partial charge in [-0.15, -0.1) is 0 Å². The molecule has 5 heteroatoms. The van der Waals surface area contributed by atoms with Crippen LogP contribution in [-0.2, 0) is 5.41 Å². The average molecular weight is 819 g/mol. The van der Waals surface area contributed by atoms with Crippen molar-refractivity contribution in [2.45, 2.75) is 11.5 Å². The first-order valence-corrected chi connectivity index (χ1v) is 21.8. The van der Waals surface area contributed by atoms with Gasteiger partial charge >= 0.3 is 0 Å². The third-order valence-corrected chi connectivity index (χ3v) is 13.3. The Labute approximate surface area is 371 Å². The summed E-state index contributed by atoms with van der Waals surface area (Å²) < 4.78 is 6.76. The molecule has 1 aliphatic carbocycles. The van der Waals surface area contributed by atoms with Gasteiger partial charge in [-0.25, -0.2) is 4.98 Å². The van der Waals surface area contributed by atoms with Crippen molar-refractivity contribution in [1.82, 2.24) is 15.0 Å². The smallest absolute Gasteiger partial charge is 0.132 e. The molecule has 0 radical (unpaired) electrons.